The Morgan fingerprint density at radius 1 is 1.13 bits per heavy atom. The zero-order valence-corrected chi connectivity index (χ0v) is 17.1. The summed E-state index contributed by atoms with van der Waals surface area (Å²) >= 11 is 6.44. The third-order valence-electron chi connectivity index (χ3n) is 4.68. The summed E-state index contributed by atoms with van der Waals surface area (Å²) in [6.45, 7) is 2.31. The Hall–Kier alpha value is -3.57. The number of benzene rings is 2. The molecule has 0 bridgehead atoms. The summed E-state index contributed by atoms with van der Waals surface area (Å²) in [6.07, 6.45) is 4.72. The normalized spacial score (nSPS) is 11.3. The average molecular weight is 418 g/mol. The minimum Gasteiger partial charge on any atom is -0.458 e. The number of halogens is 1. The van der Waals surface area contributed by atoms with E-state index in [-0.39, 0.29) is 12.5 Å². The summed E-state index contributed by atoms with van der Waals surface area (Å²) in [6, 6.07) is 17.6. The van der Waals surface area contributed by atoms with Gasteiger partial charge in [0, 0.05) is 17.7 Å². The molecule has 0 aliphatic heterocycles. The van der Waals surface area contributed by atoms with Crippen molar-refractivity contribution in [3.05, 3.63) is 88.8 Å². The highest BCUT2D eigenvalue weighted by molar-refractivity contribution is 6.35. The third-order valence-corrected chi connectivity index (χ3v) is 4.96. The van der Waals surface area contributed by atoms with Crippen molar-refractivity contribution < 1.29 is 9.21 Å². The van der Waals surface area contributed by atoms with Crippen LogP contribution in [0.15, 0.2) is 71.3 Å². The number of carbonyl (C=O) groups is 1. The molecule has 0 radical (unpaired) electrons. The highest BCUT2D eigenvalue weighted by Crippen LogP contribution is 2.33. The predicted molar refractivity (Wildman–Crippen MR) is 121 cm³/mol. The van der Waals surface area contributed by atoms with E-state index >= 15 is 0 Å². The minimum atomic E-state index is -0.237. The first-order valence-electron chi connectivity index (χ1n) is 9.44. The van der Waals surface area contributed by atoms with E-state index in [0.29, 0.717) is 22.2 Å². The van der Waals surface area contributed by atoms with Gasteiger partial charge in [0.05, 0.1) is 11.6 Å². The Balaban J connectivity index is 1.47. The molecular weight excluding hydrogens is 398 g/mol. The van der Waals surface area contributed by atoms with Gasteiger partial charge in [-0.15, -0.1) is 0 Å². The first kappa shape index (κ1) is 19.7. The molecule has 0 unspecified atom stereocenters. The van der Waals surface area contributed by atoms with Gasteiger partial charge in [-0.25, -0.2) is 4.98 Å². The van der Waals surface area contributed by atoms with Gasteiger partial charge in [-0.05, 0) is 60.0 Å². The van der Waals surface area contributed by atoms with E-state index in [0.717, 1.165) is 22.1 Å². The molecule has 0 aliphatic carbocycles. The second-order valence-corrected chi connectivity index (χ2v) is 7.43. The van der Waals surface area contributed by atoms with Crippen LogP contribution in [-0.2, 0) is 11.3 Å². The summed E-state index contributed by atoms with van der Waals surface area (Å²) in [7, 11) is 0. The SMILES string of the molecule is Cc1ccc(-c2cc(Cl)c3oc(CNC(=O)/C=C/c4ccc(N)nc4)cc3c2)cc1. The van der Waals surface area contributed by atoms with Crippen molar-refractivity contribution in [1.29, 1.82) is 0 Å². The van der Waals surface area contributed by atoms with Crippen LogP contribution in [0.1, 0.15) is 16.9 Å². The van der Waals surface area contributed by atoms with Crippen LogP contribution in [0.25, 0.3) is 28.2 Å². The number of pyridine rings is 1. The van der Waals surface area contributed by atoms with E-state index in [1.54, 1.807) is 24.4 Å². The van der Waals surface area contributed by atoms with Gasteiger partial charge in [-0.3, -0.25) is 4.79 Å². The zero-order valence-electron chi connectivity index (χ0n) is 16.4. The Bertz CT molecular complexity index is 1230. The number of nitrogens with zero attached hydrogens (tertiary/aromatic N) is 1. The molecule has 3 N–H and O–H groups in total. The summed E-state index contributed by atoms with van der Waals surface area (Å²) in [4.78, 5) is 16.1. The molecule has 0 saturated heterocycles. The van der Waals surface area contributed by atoms with Gasteiger partial charge < -0.3 is 15.5 Å². The smallest absolute Gasteiger partial charge is 0.244 e. The number of fused-ring (bicyclic) bond motifs is 1. The van der Waals surface area contributed by atoms with Crippen LogP contribution in [0.4, 0.5) is 5.82 Å². The fourth-order valence-corrected chi connectivity index (χ4v) is 3.35. The number of rotatable bonds is 5. The van der Waals surface area contributed by atoms with E-state index in [1.165, 1.54) is 11.6 Å². The minimum absolute atomic E-state index is 0.237. The van der Waals surface area contributed by atoms with E-state index in [2.05, 4.69) is 41.5 Å². The van der Waals surface area contributed by atoms with Gasteiger partial charge in [0.25, 0.3) is 0 Å². The molecule has 2 heterocycles. The largest absolute Gasteiger partial charge is 0.458 e. The molecule has 30 heavy (non-hydrogen) atoms. The molecule has 2 aromatic carbocycles. The number of amides is 1. The van der Waals surface area contributed by atoms with Crippen LogP contribution in [0.3, 0.4) is 0 Å². The molecular formula is C24H20ClN3O2. The second-order valence-electron chi connectivity index (χ2n) is 7.02. The fraction of sp³-hybridized carbons (Fsp3) is 0.0833. The van der Waals surface area contributed by atoms with Gasteiger partial charge >= 0.3 is 0 Å². The number of aryl methyl sites for hydroxylation is 1. The topological polar surface area (TPSA) is 81.2 Å². The van der Waals surface area contributed by atoms with E-state index < -0.39 is 0 Å². The quantitative estimate of drug-likeness (QED) is 0.428. The summed E-state index contributed by atoms with van der Waals surface area (Å²) in [5, 5.41) is 4.24. The van der Waals surface area contributed by atoms with Gasteiger partial charge in [-0.2, -0.15) is 0 Å². The Morgan fingerprint density at radius 3 is 2.67 bits per heavy atom. The molecule has 0 atom stereocenters. The van der Waals surface area contributed by atoms with Crippen molar-refractivity contribution in [3.8, 4) is 11.1 Å². The van der Waals surface area contributed by atoms with Crippen LogP contribution in [0.5, 0.6) is 0 Å². The number of hydrogen-bond donors (Lipinski definition) is 2. The average Bonchev–Trinajstić information content (AvgIpc) is 3.16. The van der Waals surface area contributed by atoms with Crippen molar-refractivity contribution in [2.45, 2.75) is 13.5 Å². The van der Waals surface area contributed by atoms with Crippen LogP contribution < -0.4 is 11.1 Å². The van der Waals surface area contributed by atoms with E-state index in [1.807, 2.05) is 18.2 Å². The van der Waals surface area contributed by atoms with Crippen LogP contribution in [0, 0.1) is 6.92 Å². The van der Waals surface area contributed by atoms with E-state index in [9.17, 15) is 4.79 Å². The fourth-order valence-electron chi connectivity index (χ4n) is 3.08. The predicted octanol–water partition coefficient (Wildman–Crippen LogP) is 5.37. The lowest BCUT2D eigenvalue weighted by molar-refractivity contribution is -0.116. The number of nitrogens with one attached hydrogen (secondary N) is 1. The number of nitrogen functional groups attached to an aromatic ring is 1. The summed E-state index contributed by atoms with van der Waals surface area (Å²) in [5.41, 5.74) is 10.3. The van der Waals surface area contributed by atoms with Crippen molar-refractivity contribution in [2.24, 2.45) is 0 Å². The zero-order chi connectivity index (χ0) is 21.1. The monoisotopic (exact) mass is 417 g/mol. The Labute approximate surface area is 179 Å². The van der Waals surface area contributed by atoms with Gasteiger partial charge in [0.1, 0.15) is 11.6 Å². The lowest BCUT2D eigenvalue weighted by Crippen LogP contribution is -2.19. The Morgan fingerprint density at radius 2 is 1.93 bits per heavy atom. The number of furan rings is 1. The maximum Gasteiger partial charge on any atom is 0.244 e. The van der Waals surface area contributed by atoms with Crippen molar-refractivity contribution >= 4 is 40.4 Å². The highest BCUT2D eigenvalue weighted by Gasteiger charge is 2.11. The third kappa shape index (κ3) is 4.53. The van der Waals surface area contributed by atoms with Crippen LogP contribution >= 0.6 is 11.6 Å². The maximum atomic E-state index is 12.1. The second kappa shape index (κ2) is 8.43. The number of anilines is 1. The molecule has 4 rings (SSSR count). The number of aromatic nitrogens is 1. The number of carbonyl (C=O) groups excluding carboxylic acids is 1. The summed E-state index contributed by atoms with van der Waals surface area (Å²) in [5.74, 6) is 0.827. The Kier molecular flexibility index (Phi) is 5.55. The van der Waals surface area contributed by atoms with Gasteiger partial charge in [0.2, 0.25) is 5.91 Å². The molecule has 4 aromatic rings. The van der Waals surface area contributed by atoms with Crippen molar-refractivity contribution in [3.63, 3.8) is 0 Å². The molecule has 0 fully saturated rings. The molecule has 5 nitrogen and oxygen atoms in total. The van der Waals surface area contributed by atoms with Gasteiger partial charge in [-0.1, -0.05) is 41.4 Å². The van der Waals surface area contributed by atoms with Crippen molar-refractivity contribution in [1.82, 2.24) is 10.3 Å². The highest BCUT2D eigenvalue weighted by atomic mass is 35.5. The maximum absolute atomic E-state index is 12.1. The summed E-state index contributed by atoms with van der Waals surface area (Å²) < 4.78 is 5.84. The molecule has 150 valence electrons. The lowest BCUT2D eigenvalue weighted by atomic mass is 10.0. The van der Waals surface area contributed by atoms with E-state index in [4.69, 9.17) is 21.8 Å². The molecule has 0 saturated carbocycles. The number of nitrogens with two attached hydrogens (primary N) is 1. The molecule has 0 aliphatic rings. The van der Waals surface area contributed by atoms with Crippen LogP contribution in [-0.4, -0.2) is 10.9 Å². The first-order chi connectivity index (χ1) is 14.5. The number of hydrogen-bond acceptors (Lipinski definition) is 4. The molecule has 1 amide bonds. The van der Waals surface area contributed by atoms with Crippen molar-refractivity contribution in [2.75, 3.05) is 5.73 Å². The van der Waals surface area contributed by atoms with Gasteiger partial charge in [0.15, 0.2) is 5.58 Å². The first-order valence-corrected chi connectivity index (χ1v) is 9.82. The van der Waals surface area contributed by atoms with Crippen LogP contribution in [0.2, 0.25) is 5.02 Å². The standard InChI is InChI=1S/C24H20ClN3O2/c1-15-2-6-17(7-3-15)18-10-19-11-20(30-24(19)21(25)12-18)14-28-23(29)9-5-16-4-8-22(26)27-13-16/h2-13H,14H2,1H3,(H2,26,27)(H,28,29)/b9-5+. The lowest BCUT2D eigenvalue weighted by Gasteiger charge is -2.03. The molecule has 2 aromatic heterocycles. The molecule has 0 spiro atoms. The molecule has 6 heteroatoms.